The van der Waals surface area contributed by atoms with Crippen LogP contribution < -0.4 is 11.3 Å². The van der Waals surface area contributed by atoms with E-state index in [1.807, 2.05) is 0 Å². The Morgan fingerprint density at radius 2 is 1.71 bits per heavy atom. The summed E-state index contributed by atoms with van der Waals surface area (Å²) in [6.45, 7) is 4.31. The van der Waals surface area contributed by atoms with Gasteiger partial charge in [0.2, 0.25) is 0 Å². The van der Waals surface area contributed by atoms with E-state index in [0.29, 0.717) is 5.92 Å². The van der Waals surface area contributed by atoms with Crippen LogP contribution in [0.2, 0.25) is 0 Å². The number of hydrogen-bond acceptors (Lipinski definition) is 2. The first-order chi connectivity index (χ1) is 10.2. The zero-order valence-corrected chi connectivity index (χ0v) is 12.9. The zero-order valence-electron chi connectivity index (χ0n) is 12.9. The molecule has 2 unspecified atom stereocenters. The minimum atomic E-state index is 0.233. The maximum atomic E-state index is 5.91. The third-order valence-corrected chi connectivity index (χ3v) is 4.64. The second kappa shape index (κ2) is 6.00. The molecule has 0 saturated carbocycles. The molecule has 2 atom stereocenters. The van der Waals surface area contributed by atoms with E-state index in [9.17, 15) is 0 Å². The van der Waals surface area contributed by atoms with Gasteiger partial charge in [0, 0.05) is 6.04 Å². The predicted octanol–water partition coefficient (Wildman–Crippen LogP) is 3.61. The number of rotatable bonds is 3. The quantitative estimate of drug-likeness (QED) is 0.666. The number of nitrogens with one attached hydrogen (secondary N) is 1. The van der Waals surface area contributed by atoms with Crippen LogP contribution in [0.3, 0.4) is 0 Å². The van der Waals surface area contributed by atoms with Gasteiger partial charge in [0.1, 0.15) is 0 Å². The van der Waals surface area contributed by atoms with Crippen molar-refractivity contribution in [3.63, 3.8) is 0 Å². The van der Waals surface area contributed by atoms with Gasteiger partial charge in [-0.15, -0.1) is 0 Å². The van der Waals surface area contributed by atoms with Gasteiger partial charge in [0.05, 0.1) is 0 Å². The lowest BCUT2D eigenvalue weighted by Gasteiger charge is -2.32. The lowest BCUT2D eigenvalue weighted by atomic mass is 9.78. The van der Waals surface area contributed by atoms with Crippen molar-refractivity contribution in [1.29, 1.82) is 0 Å². The Hall–Kier alpha value is -1.64. The molecule has 0 spiro atoms. The molecule has 0 aliphatic heterocycles. The Morgan fingerprint density at radius 1 is 1.05 bits per heavy atom. The van der Waals surface area contributed by atoms with E-state index < -0.39 is 0 Å². The van der Waals surface area contributed by atoms with Crippen LogP contribution in [-0.4, -0.2) is 0 Å². The first-order valence-corrected chi connectivity index (χ1v) is 7.78. The highest BCUT2D eigenvalue weighted by Gasteiger charge is 2.26. The van der Waals surface area contributed by atoms with Gasteiger partial charge in [0.15, 0.2) is 0 Å². The number of benzene rings is 2. The van der Waals surface area contributed by atoms with Gasteiger partial charge in [-0.25, -0.2) is 0 Å². The molecule has 0 bridgehead atoms. The third-order valence-electron chi connectivity index (χ3n) is 4.64. The monoisotopic (exact) mass is 280 g/mol. The molecule has 2 heteroatoms. The molecule has 3 rings (SSSR count). The molecule has 21 heavy (non-hydrogen) atoms. The van der Waals surface area contributed by atoms with Gasteiger partial charge in [-0.3, -0.25) is 11.3 Å². The Balaban J connectivity index is 1.88. The van der Waals surface area contributed by atoms with E-state index >= 15 is 0 Å². The molecule has 2 nitrogen and oxygen atoms in total. The molecule has 3 N–H and O–H groups in total. The van der Waals surface area contributed by atoms with Crippen molar-refractivity contribution in [2.75, 3.05) is 0 Å². The maximum Gasteiger partial charge on any atom is 0.0491 e. The Labute approximate surface area is 127 Å². The Kier molecular flexibility index (Phi) is 4.09. The van der Waals surface area contributed by atoms with Crippen molar-refractivity contribution in [2.24, 2.45) is 11.8 Å². The molecule has 110 valence electrons. The summed E-state index contributed by atoms with van der Waals surface area (Å²) in [4.78, 5) is 0. The van der Waals surface area contributed by atoms with Gasteiger partial charge in [-0.1, -0.05) is 53.6 Å². The summed E-state index contributed by atoms with van der Waals surface area (Å²) in [6.07, 6.45) is 3.46. The van der Waals surface area contributed by atoms with E-state index in [1.54, 1.807) is 0 Å². The minimum Gasteiger partial charge on any atom is -0.271 e. The average molecular weight is 280 g/mol. The lowest BCUT2D eigenvalue weighted by molar-refractivity contribution is 0.329. The van der Waals surface area contributed by atoms with Crippen molar-refractivity contribution >= 4 is 0 Å². The summed E-state index contributed by atoms with van der Waals surface area (Å²) in [5, 5.41) is 0. The molecule has 2 aromatic rings. The van der Waals surface area contributed by atoms with Crippen molar-refractivity contribution in [3.05, 3.63) is 70.3 Å². The maximum absolute atomic E-state index is 5.91. The summed E-state index contributed by atoms with van der Waals surface area (Å²) in [7, 11) is 0. The summed E-state index contributed by atoms with van der Waals surface area (Å²) >= 11 is 0. The smallest absolute Gasteiger partial charge is 0.0491 e. The van der Waals surface area contributed by atoms with Crippen LogP contribution in [0.4, 0.5) is 0 Å². The molecule has 0 aromatic heterocycles. The number of hydrazine groups is 1. The molecule has 1 aliphatic rings. The zero-order chi connectivity index (χ0) is 14.8. The topological polar surface area (TPSA) is 38.0 Å². The van der Waals surface area contributed by atoms with E-state index in [0.717, 1.165) is 12.8 Å². The van der Waals surface area contributed by atoms with Gasteiger partial charge in [0.25, 0.3) is 0 Å². The van der Waals surface area contributed by atoms with Crippen molar-refractivity contribution in [1.82, 2.24) is 5.43 Å². The summed E-state index contributed by atoms with van der Waals surface area (Å²) in [5.74, 6) is 6.47. The molecule has 0 heterocycles. The van der Waals surface area contributed by atoms with Gasteiger partial charge >= 0.3 is 0 Å². The average Bonchev–Trinajstić information content (AvgIpc) is 2.47. The van der Waals surface area contributed by atoms with Crippen LogP contribution in [0, 0.1) is 19.8 Å². The fraction of sp³-hybridized carbons (Fsp3) is 0.368. The van der Waals surface area contributed by atoms with E-state index in [1.165, 1.54) is 34.2 Å². The number of aryl methyl sites for hydroxylation is 3. The fourth-order valence-corrected chi connectivity index (χ4v) is 3.70. The number of hydrogen-bond donors (Lipinski definition) is 2. The van der Waals surface area contributed by atoms with Crippen LogP contribution in [0.25, 0.3) is 0 Å². The van der Waals surface area contributed by atoms with Crippen LogP contribution >= 0.6 is 0 Å². The molecular weight excluding hydrogens is 256 g/mol. The number of fused-ring (bicyclic) bond motifs is 1. The van der Waals surface area contributed by atoms with Crippen LogP contribution in [-0.2, 0) is 12.8 Å². The van der Waals surface area contributed by atoms with Crippen LogP contribution in [0.5, 0.6) is 0 Å². The molecule has 1 aliphatic carbocycles. The second-order valence-corrected chi connectivity index (χ2v) is 6.34. The molecule has 0 fully saturated rings. The molecule has 0 amide bonds. The first-order valence-electron chi connectivity index (χ1n) is 7.78. The molecule has 0 saturated heterocycles. The first kappa shape index (κ1) is 14.3. The van der Waals surface area contributed by atoms with Crippen LogP contribution in [0.1, 0.15) is 40.3 Å². The molecular formula is C19H24N2. The van der Waals surface area contributed by atoms with Gasteiger partial charge in [-0.05, 0) is 55.7 Å². The summed E-state index contributed by atoms with van der Waals surface area (Å²) < 4.78 is 0. The molecule has 2 aromatic carbocycles. The van der Waals surface area contributed by atoms with Crippen LogP contribution in [0.15, 0.2) is 42.5 Å². The van der Waals surface area contributed by atoms with Gasteiger partial charge < -0.3 is 0 Å². The SMILES string of the molecule is Cc1cc(C)cc(C(NN)C2CCc3ccccc3C2)c1. The highest BCUT2D eigenvalue weighted by Crippen LogP contribution is 2.34. The van der Waals surface area contributed by atoms with Crippen molar-refractivity contribution in [2.45, 2.75) is 39.2 Å². The van der Waals surface area contributed by atoms with Crippen molar-refractivity contribution < 1.29 is 0 Å². The van der Waals surface area contributed by atoms with E-state index in [-0.39, 0.29) is 6.04 Å². The largest absolute Gasteiger partial charge is 0.271 e. The second-order valence-electron chi connectivity index (χ2n) is 6.34. The van der Waals surface area contributed by atoms with E-state index in [4.69, 9.17) is 5.84 Å². The van der Waals surface area contributed by atoms with Crippen molar-refractivity contribution in [3.8, 4) is 0 Å². The minimum absolute atomic E-state index is 0.233. The Bertz CT molecular complexity index is 613. The molecule has 0 radical (unpaired) electrons. The highest BCUT2D eigenvalue weighted by molar-refractivity contribution is 5.34. The van der Waals surface area contributed by atoms with E-state index in [2.05, 4.69) is 61.7 Å². The summed E-state index contributed by atoms with van der Waals surface area (Å²) in [6, 6.07) is 15.8. The standard InChI is InChI=1S/C19H24N2/c1-13-9-14(2)11-18(10-13)19(21-20)17-8-7-15-5-3-4-6-16(15)12-17/h3-6,9-11,17,19,21H,7-8,12,20H2,1-2H3. The predicted molar refractivity (Wildman–Crippen MR) is 87.9 cm³/mol. The number of nitrogens with two attached hydrogens (primary N) is 1. The normalized spacial score (nSPS) is 19.1. The third kappa shape index (κ3) is 3.02. The Morgan fingerprint density at radius 3 is 2.38 bits per heavy atom. The lowest BCUT2D eigenvalue weighted by Crippen LogP contribution is -2.36. The highest BCUT2D eigenvalue weighted by atomic mass is 15.2. The summed E-state index contributed by atoms with van der Waals surface area (Å²) in [5.41, 5.74) is 10.00. The van der Waals surface area contributed by atoms with Gasteiger partial charge in [-0.2, -0.15) is 0 Å². The fourth-order valence-electron chi connectivity index (χ4n) is 3.70.